The average Bonchev–Trinajstić information content (AvgIpc) is 2.45. The van der Waals surface area contributed by atoms with Crippen molar-refractivity contribution in [2.75, 3.05) is 19.7 Å². The van der Waals surface area contributed by atoms with E-state index in [1.165, 1.54) is 4.90 Å². The van der Waals surface area contributed by atoms with E-state index in [9.17, 15) is 9.59 Å². The Hall–Kier alpha value is -1.88. The van der Waals surface area contributed by atoms with Crippen LogP contribution in [0.25, 0.3) is 0 Å². The van der Waals surface area contributed by atoms with E-state index in [1.807, 2.05) is 32.0 Å². The number of nitrogens with two attached hydrogens (primary N) is 1. The van der Waals surface area contributed by atoms with Crippen LogP contribution in [-0.2, 0) is 16.0 Å². The average molecular weight is 292 g/mol. The van der Waals surface area contributed by atoms with Crippen LogP contribution in [0.2, 0.25) is 0 Å². The molecule has 0 aromatic heterocycles. The molecule has 5 nitrogen and oxygen atoms in total. The molecule has 1 aromatic carbocycles. The molecule has 0 heterocycles. The third kappa shape index (κ3) is 4.86. The van der Waals surface area contributed by atoms with Crippen molar-refractivity contribution in [3.05, 3.63) is 35.4 Å². The third-order valence-electron chi connectivity index (χ3n) is 3.15. The first-order chi connectivity index (χ1) is 10.0. The van der Waals surface area contributed by atoms with E-state index < -0.39 is 5.97 Å². The second-order valence-electron chi connectivity index (χ2n) is 5.03. The van der Waals surface area contributed by atoms with Crippen molar-refractivity contribution in [3.63, 3.8) is 0 Å². The molecule has 116 valence electrons. The predicted molar refractivity (Wildman–Crippen MR) is 82.0 cm³/mol. The molecule has 0 aliphatic rings. The Morgan fingerprint density at radius 3 is 2.52 bits per heavy atom. The second kappa shape index (κ2) is 8.42. The van der Waals surface area contributed by atoms with Gasteiger partial charge in [-0.15, -0.1) is 0 Å². The molecule has 1 rings (SSSR count). The Labute approximate surface area is 126 Å². The normalized spacial score (nSPS) is 10.5. The first-order valence-corrected chi connectivity index (χ1v) is 7.25. The number of benzene rings is 1. The second-order valence-corrected chi connectivity index (χ2v) is 5.03. The number of hydrogen-bond acceptors (Lipinski definition) is 4. The van der Waals surface area contributed by atoms with Crippen molar-refractivity contribution >= 4 is 11.9 Å². The quantitative estimate of drug-likeness (QED) is 0.775. The van der Waals surface area contributed by atoms with E-state index >= 15 is 0 Å². The van der Waals surface area contributed by atoms with E-state index in [-0.39, 0.29) is 18.5 Å². The summed E-state index contributed by atoms with van der Waals surface area (Å²) >= 11 is 0. The lowest BCUT2D eigenvalue weighted by molar-refractivity contribution is -0.144. The highest BCUT2D eigenvalue weighted by Gasteiger charge is 2.23. The zero-order valence-electron chi connectivity index (χ0n) is 13.0. The van der Waals surface area contributed by atoms with Crippen LogP contribution in [0.3, 0.4) is 0 Å². The lowest BCUT2D eigenvalue weighted by Crippen LogP contribution is -2.41. The highest BCUT2D eigenvalue weighted by Crippen LogP contribution is 2.14. The summed E-state index contributed by atoms with van der Waals surface area (Å²) in [6.07, 6.45) is 0.632. The van der Waals surface area contributed by atoms with Crippen LogP contribution in [0.1, 0.15) is 36.7 Å². The molecule has 0 atom stereocenters. The van der Waals surface area contributed by atoms with Gasteiger partial charge in [0.25, 0.3) is 5.91 Å². The number of carbonyl (C=O) groups is 2. The van der Waals surface area contributed by atoms with Gasteiger partial charge in [-0.1, -0.05) is 18.2 Å². The van der Waals surface area contributed by atoms with Crippen LogP contribution < -0.4 is 5.73 Å². The topological polar surface area (TPSA) is 72.6 Å². The van der Waals surface area contributed by atoms with Crippen LogP contribution in [0.5, 0.6) is 0 Å². The third-order valence-corrected chi connectivity index (χ3v) is 3.15. The van der Waals surface area contributed by atoms with Gasteiger partial charge >= 0.3 is 5.97 Å². The lowest BCUT2D eigenvalue weighted by Gasteiger charge is -2.26. The number of hydrogen-bond donors (Lipinski definition) is 1. The van der Waals surface area contributed by atoms with Crippen molar-refractivity contribution < 1.29 is 14.3 Å². The predicted octanol–water partition coefficient (Wildman–Crippen LogP) is 1.60. The molecular weight excluding hydrogens is 268 g/mol. The molecule has 0 radical (unpaired) electrons. The van der Waals surface area contributed by atoms with Crippen LogP contribution in [-0.4, -0.2) is 42.5 Å². The number of amides is 1. The summed E-state index contributed by atoms with van der Waals surface area (Å²) in [6, 6.07) is 7.27. The Balaban J connectivity index is 2.98. The first kappa shape index (κ1) is 17.2. The number of nitrogens with zero attached hydrogens (tertiary/aromatic N) is 1. The summed E-state index contributed by atoms with van der Waals surface area (Å²) in [5.41, 5.74) is 7.09. The van der Waals surface area contributed by atoms with Crippen LogP contribution >= 0.6 is 0 Å². The zero-order chi connectivity index (χ0) is 15.8. The minimum Gasteiger partial charge on any atom is -0.465 e. The van der Waals surface area contributed by atoms with Gasteiger partial charge in [0, 0.05) is 11.6 Å². The maximum Gasteiger partial charge on any atom is 0.325 e. The molecule has 0 aliphatic carbocycles. The molecular formula is C16H24N2O3. The van der Waals surface area contributed by atoms with E-state index in [0.717, 1.165) is 5.56 Å². The Morgan fingerprint density at radius 1 is 1.29 bits per heavy atom. The number of esters is 1. The summed E-state index contributed by atoms with van der Waals surface area (Å²) in [4.78, 5) is 25.9. The molecule has 0 saturated heterocycles. The molecule has 0 unspecified atom stereocenters. The molecule has 0 aliphatic heterocycles. The Kier molecular flexibility index (Phi) is 6.88. The number of carbonyl (C=O) groups excluding carboxylic acids is 2. The van der Waals surface area contributed by atoms with Gasteiger partial charge in [-0.05, 0) is 45.4 Å². The van der Waals surface area contributed by atoms with Gasteiger partial charge in [-0.3, -0.25) is 9.59 Å². The van der Waals surface area contributed by atoms with E-state index in [4.69, 9.17) is 10.5 Å². The molecule has 1 aromatic rings. The number of ether oxygens (including phenoxy) is 1. The van der Waals surface area contributed by atoms with E-state index in [0.29, 0.717) is 25.1 Å². The summed E-state index contributed by atoms with van der Waals surface area (Å²) in [6.45, 7) is 6.25. The Bertz CT molecular complexity index is 486. The molecule has 0 bridgehead atoms. The van der Waals surface area contributed by atoms with Crippen molar-refractivity contribution in [1.82, 2.24) is 4.90 Å². The van der Waals surface area contributed by atoms with Crippen molar-refractivity contribution in [2.24, 2.45) is 5.73 Å². The van der Waals surface area contributed by atoms with Crippen LogP contribution in [0.15, 0.2) is 24.3 Å². The summed E-state index contributed by atoms with van der Waals surface area (Å²) < 4.78 is 4.93. The summed E-state index contributed by atoms with van der Waals surface area (Å²) in [5.74, 6) is -0.557. The van der Waals surface area contributed by atoms with Gasteiger partial charge in [0.05, 0.1) is 6.61 Å². The first-order valence-electron chi connectivity index (χ1n) is 7.25. The SMILES string of the molecule is CCOC(=O)CN(C(=O)c1ccccc1CCN)C(C)C. The van der Waals surface area contributed by atoms with Gasteiger partial charge in [-0.25, -0.2) is 0 Å². The summed E-state index contributed by atoms with van der Waals surface area (Å²) in [7, 11) is 0. The molecule has 0 spiro atoms. The fraction of sp³-hybridized carbons (Fsp3) is 0.500. The van der Waals surface area contributed by atoms with Crippen LogP contribution in [0.4, 0.5) is 0 Å². The standard InChI is InChI=1S/C16H24N2O3/c1-4-21-15(19)11-18(12(2)3)16(20)14-8-6-5-7-13(14)9-10-17/h5-8,12H,4,9-11,17H2,1-3H3. The molecule has 5 heteroatoms. The minimum atomic E-state index is -0.393. The molecule has 0 saturated carbocycles. The smallest absolute Gasteiger partial charge is 0.325 e. The van der Waals surface area contributed by atoms with E-state index in [2.05, 4.69) is 0 Å². The molecule has 0 fully saturated rings. The molecule has 2 N–H and O–H groups in total. The monoisotopic (exact) mass is 292 g/mol. The van der Waals surface area contributed by atoms with Gasteiger partial charge in [0.1, 0.15) is 6.54 Å². The largest absolute Gasteiger partial charge is 0.465 e. The highest BCUT2D eigenvalue weighted by atomic mass is 16.5. The van der Waals surface area contributed by atoms with Gasteiger partial charge in [0.15, 0.2) is 0 Å². The van der Waals surface area contributed by atoms with Gasteiger partial charge < -0.3 is 15.4 Å². The lowest BCUT2D eigenvalue weighted by atomic mass is 10.0. The van der Waals surface area contributed by atoms with Crippen molar-refractivity contribution in [3.8, 4) is 0 Å². The van der Waals surface area contributed by atoms with Crippen molar-refractivity contribution in [1.29, 1.82) is 0 Å². The fourth-order valence-electron chi connectivity index (χ4n) is 2.09. The van der Waals surface area contributed by atoms with Crippen molar-refractivity contribution in [2.45, 2.75) is 33.2 Å². The highest BCUT2D eigenvalue weighted by molar-refractivity contribution is 5.97. The number of rotatable bonds is 7. The minimum absolute atomic E-state index is 0.0404. The zero-order valence-corrected chi connectivity index (χ0v) is 13.0. The van der Waals surface area contributed by atoms with E-state index in [1.54, 1.807) is 13.0 Å². The Morgan fingerprint density at radius 2 is 1.95 bits per heavy atom. The maximum absolute atomic E-state index is 12.7. The van der Waals surface area contributed by atoms with Gasteiger partial charge in [0.2, 0.25) is 0 Å². The summed E-state index contributed by atoms with van der Waals surface area (Å²) in [5, 5.41) is 0. The molecule has 1 amide bonds. The fourth-order valence-corrected chi connectivity index (χ4v) is 2.09. The maximum atomic E-state index is 12.7. The molecule has 21 heavy (non-hydrogen) atoms. The van der Waals surface area contributed by atoms with Gasteiger partial charge in [-0.2, -0.15) is 0 Å². The van der Waals surface area contributed by atoms with Crippen LogP contribution in [0, 0.1) is 0 Å².